The number of benzene rings is 1. The summed E-state index contributed by atoms with van der Waals surface area (Å²) in [6, 6.07) is 12.3. The van der Waals surface area contributed by atoms with Crippen molar-refractivity contribution in [1.82, 2.24) is 0 Å². The summed E-state index contributed by atoms with van der Waals surface area (Å²) in [7, 11) is 2.08. The van der Waals surface area contributed by atoms with Crippen LogP contribution in [-0.2, 0) is 6.54 Å². The van der Waals surface area contributed by atoms with Crippen molar-refractivity contribution in [2.24, 2.45) is 5.73 Å². The molecule has 96 valence electrons. The summed E-state index contributed by atoms with van der Waals surface area (Å²) in [5.41, 5.74) is 8.35. The van der Waals surface area contributed by atoms with Gasteiger partial charge in [0.1, 0.15) is 0 Å². The van der Waals surface area contributed by atoms with Crippen molar-refractivity contribution in [2.45, 2.75) is 19.5 Å². The lowest BCUT2D eigenvalue weighted by atomic mass is 10.1. The zero-order valence-electron chi connectivity index (χ0n) is 10.6. The number of nitrogens with zero attached hydrogens (tertiary/aromatic N) is 1. The topological polar surface area (TPSA) is 29.3 Å². The molecule has 0 amide bonds. The van der Waals surface area contributed by atoms with E-state index in [9.17, 15) is 0 Å². The summed E-state index contributed by atoms with van der Waals surface area (Å²) in [4.78, 5) is 3.46. The van der Waals surface area contributed by atoms with Crippen LogP contribution in [0.1, 0.15) is 23.4 Å². The average Bonchev–Trinajstić information content (AvgIpc) is 2.74. The van der Waals surface area contributed by atoms with E-state index >= 15 is 0 Å². The molecule has 2 rings (SSSR count). The normalized spacial score (nSPS) is 12.4. The number of hydrogen-bond donors (Lipinski definition) is 1. The summed E-state index contributed by atoms with van der Waals surface area (Å²) in [6.07, 6.45) is 0. The average molecular weight is 281 g/mol. The fourth-order valence-corrected chi connectivity index (χ4v) is 3.12. The fourth-order valence-electron chi connectivity index (χ4n) is 1.98. The van der Waals surface area contributed by atoms with Crippen LogP contribution in [0.25, 0.3) is 0 Å². The molecule has 0 aliphatic heterocycles. The van der Waals surface area contributed by atoms with Crippen molar-refractivity contribution >= 4 is 28.6 Å². The van der Waals surface area contributed by atoms with Gasteiger partial charge < -0.3 is 10.6 Å². The van der Waals surface area contributed by atoms with Crippen molar-refractivity contribution in [3.05, 3.63) is 51.2 Å². The van der Waals surface area contributed by atoms with E-state index in [1.54, 1.807) is 11.3 Å². The molecule has 4 heteroatoms. The molecule has 2 nitrogen and oxygen atoms in total. The Balaban J connectivity index is 2.20. The molecule has 18 heavy (non-hydrogen) atoms. The zero-order valence-corrected chi connectivity index (χ0v) is 12.1. The van der Waals surface area contributed by atoms with Crippen molar-refractivity contribution in [1.29, 1.82) is 0 Å². The molecule has 2 N–H and O–H groups in total. The largest absolute Gasteiger partial charge is 0.369 e. The predicted molar refractivity (Wildman–Crippen MR) is 80.5 cm³/mol. The number of anilines is 1. The molecule has 1 aromatic heterocycles. The summed E-state index contributed by atoms with van der Waals surface area (Å²) < 4.78 is 0.832. The van der Waals surface area contributed by atoms with Crippen LogP contribution in [0.5, 0.6) is 0 Å². The third-order valence-corrected chi connectivity index (χ3v) is 4.08. The summed E-state index contributed by atoms with van der Waals surface area (Å²) in [6.45, 7) is 2.86. The predicted octanol–water partition coefficient (Wildman–Crippen LogP) is 4.06. The van der Waals surface area contributed by atoms with E-state index in [4.69, 9.17) is 17.3 Å². The van der Waals surface area contributed by atoms with Crippen molar-refractivity contribution in [3.63, 3.8) is 0 Å². The van der Waals surface area contributed by atoms with Gasteiger partial charge in [-0.2, -0.15) is 0 Å². The number of rotatable bonds is 4. The van der Waals surface area contributed by atoms with Crippen LogP contribution in [0.15, 0.2) is 36.4 Å². The molecule has 0 saturated heterocycles. The third-order valence-electron chi connectivity index (χ3n) is 2.86. The third kappa shape index (κ3) is 3.05. The molecular formula is C14H17ClN2S. The summed E-state index contributed by atoms with van der Waals surface area (Å²) in [5.74, 6) is 0. The molecule has 1 heterocycles. The Bertz CT molecular complexity index is 522. The molecule has 1 aromatic carbocycles. The Morgan fingerprint density at radius 3 is 2.61 bits per heavy atom. The molecular weight excluding hydrogens is 264 g/mol. The molecule has 0 aliphatic carbocycles. The first-order valence-electron chi connectivity index (χ1n) is 5.88. The monoisotopic (exact) mass is 280 g/mol. The molecule has 0 radical (unpaired) electrons. The first-order chi connectivity index (χ1) is 8.58. The van der Waals surface area contributed by atoms with Gasteiger partial charge in [0.25, 0.3) is 0 Å². The molecule has 1 atom stereocenters. The second-order valence-electron chi connectivity index (χ2n) is 4.41. The Morgan fingerprint density at radius 1 is 1.28 bits per heavy atom. The van der Waals surface area contributed by atoms with Crippen LogP contribution < -0.4 is 10.6 Å². The Hall–Kier alpha value is -1.03. The molecule has 0 spiro atoms. The second kappa shape index (κ2) is 5.74. The number of hydrogen-bond acceptors (Lipinski definition) is 3. The number of halogens is 1. The second-order valence-corrected chi connectivity index (χ2v) is 6.21. The molecule has 2 aromatic rings. The number of thiophene rings is 1. The highest BCUT2D eigenvalue weighted by atomic mass is 35.5. The minimum Gasteiger partial charge on any atom is -0.369 e. The molecule has 0 fully saturated rings. The van der Waals surface area contributed by atoms with Gasteiger partial charge in [-0.25, -0.2) is 0 Å². The van der Waals surface area contributed by atoms with Gasteiger partial charge >= 0.3 is 0 Å². The van der Waals surface area contributed by atoms with E-state index in [1.165, 1.54) is 16.1 Å². The van der Waals surface area contributed by atoms with Gasteiger partial charge in [-0.1, -0.05) is 29.8 Å². The van der Waals surface area contributed by atoms with E-state index in [-0.39, 0.29) is 6.04 Å². The smallest absolute Gasteiger partial charge is 0.0931 e. The van der Waals surface area contributed by atoms with Crippen molar-refractivity contribution < 1.29 is 0 Å². The highest BCUT2D eigenvalue weighted by Gasteiger charge is 2.11. The van der Waals surface area contributed by atoms with Crippen molar-refractivity contribution in [3.8, 4) is 0 Å². The minimum absolute atomic E-state index is 0.0376. The lowest BCUT2D eigenvalue weighted by Crippen LogP contribution is -2.19. The first kappa shape index (κ1) is 13.4. The Labute approximate surface area is 117 Å². The maximum absolute atomic E-state index is 6.00. The lowest BCUT2D eigenvalue weighted by molar-refractivity contribution is 0.803. The molecule has 0 bridgehead atoms. The lowest BCUT2D eigenvalue weighted by Gasteiger charge is -2.23. The van der Waals surface area contributed by atoms with E-state index in [1.807, 2.05) is 25.1 Å². The van der Waals surface area contributed by atoms with Gasteiger partial charge in [0.05, 0.1) is 10.9 Å². The quantitative estimate of drug-likeness (QED) is 0.915. The van der Waals surface area contributed by atoms with Crippen LogP contribution in [0, 0.1) is 0 Å². The molecule has 0 saturated carbocycles. The van der Waals surface area contributed by atoms with Crippen LogP contribution in [0.2, 0.25) is 4.34 Å². The summed E-state index contributed by atoms with van der Waals surface area (Å²) >= 11 is 7.57. The SMILES string of the molecule is C[C@H](N)c1ccccc1N(C)Cc1ccc(Cl)s1. The van der Waals surface area contributed by atoms with E-state index < -0.39 is 0 Å². The van der Waals surface area contributed by atoms with Crippen LogP contribution >= 0.6 is 22.9 Å². The zero-order chi connectivity index (χ0) is 13.1. The van der Waals surface area contributed by atoms with Crippen LogP contribution in [0.3, 0.4) is 0 Å². The number of nitrogens with two attached hydrogens (primary N) is 1. The van der Waals surface area contributed by atoms with E-state index in [2.05, 4.69) is 30.1 Å². The highest BCUT2D eigenvalue weighted by Crippen LogP contribution is 2.28. The summed E-state index contributed by atoms with van der Waals surface area (Å²) in [5, 5.41) is 0. The van der Waals surface area contributed by atoms with Gasteiger partial charge in [-0.3, -0.25) is 0 Å². The van der Waals surface area contributed by atoms with Crippen LogP contribution in [0.4, 0.5) is 5.69 Å². The number of para-hydroxylation sites is 1. The van der Waals surface area contributed by atoms with E-state index in [0.29, 0.717) is 0 Å². The van der Waals surface area contributed by atoms with Crippen molar-refractivity contribution in [2.75, 3.05) is 11.9 Å². The van der Waals surface area contributed by atoms with E-state index in [0.717, 1.165) is 10.9 Å². The van der Waals surface area contributed by atoms with Gasteiger partial charge in [-0.05, 0) is 30.7 Å². The standard InChI is InChI=1S/C14H17ClN2S/c1-10(16)12-5-3-4-6-13(12)17(2)9-11-7-8-14(15)18-11/h3-8,10H,9,16H2,1-2H3/t10-/m0/s1. The minimum atomic E-state index is 0.0376. The highest BCUT2D eigenvalue weighted by molar-refractivity contribution is 7.16. The van der Waals surface area contributed by atoms with Gasteiger partial charge in [-0.15, -0.1) is 11.3 Å². The fraction of sp³-hybridized carbons (Fsp3) is 0.286. The first-order valence-corrected chi connectivity index (χ1v) is 7.07. The Kier molecular flexibility index (Phi) is 4.27. The van der Waals surface area contributed by atoms with Gasteiger partial charge in [0.2, 0.25) is 0 Å². The maximum atomic E-state index is 6.00. The molecule has 0 aliphatic rings. The van der Waals surface area contributed by atoms with Crippen LogP contribution in [-0.4, -0.2) is 7.05 Å². The Morgan fingerprint density at radius 2 is 2.00 bits per heavy atom. The maximum Gasteiger partial charge on any atom is 0.0931 e. The molecule has 0 unspecified atom stereocenters. The van der Waals surface area contributed by atoms with Gasteiger partial charge in [0, 0.05) is 23.7 Å². The van der Waals surface area contributed by atoms with Gasteiger partial charge in [0.15, 0.2) is 0 Å².